The van der Waals surface area contributed by atoms with E-state index in [1.165, 1.54) is 0 Å². The molecule has 0 aliphatic carbocycles. The Bertz CT molecular complexity index is 600. The quantitative estimate of drug-likeness (QED) is 0.736. The molecule has 0 aromatic carbocycles. The number of nitrogens with zero attached hydrogens (tertiary/aromatic N) is 3. The topological polar surface area (TPSA) is 45.7 Å². The van der Waals surface area contributed by atoms with Gasteiger partial charge in [0.15, 0.2) is 0 Å². The predicted octanol–water partition coefficient (Wildman–Crippen LogP) is 3.11. The first kappa shape index (κ1) is 15.4. The molecule has 0 saturated carbocycles. The Labute approximate surface area is 136 Å². The van der Waals surface area contributed by atoms with E-state index in [4.69, 9.17) is 16.3 Å². The summed E-state index contributed by atoms with van der Waals surface area (Å²) in [5.74, 6) is 1.01. The van der Waals surface area contributed by atoms with E-state index in [2.05, 4.69) is 16.8 Å². The van der Waals surface area contributed by atoms with Crippen LogP contribution in [0.2, 0.25) is 5.02 Å². The highest BCUT2D eigenvalue weighted by Crippen LogP contribution is 2.36. The molecule has 1 fully saturated rings. The van der Waals surface area contributed by atoms with Gasteiger partial charge in [-0.15, -0.1) is 0 Å². The lowest BCUT2D eigenvalue weighted by molar-refractivity contribution is 0.0191. The zero-order chi connectivity index (χ0) is 16.1. The number of piperazine rings is 1. The van der Waals surface area contributed by atoms with Gasteiger partial charge >= 0.3 is 6.09 Å². The third-order valence-electron chi connectivity index (χ3n) is 4.05. The zero-order valence-electron chi connectivity index (χ0n) is 13.5. The van der Waals surface area contributed by atoms with Crippen LogP contribution in [-0.2, 0) is 11.2 Å². The molecule has 2 aliphatic heterocycles. The summed E-state index contributed by atoms with van der Waals surface area (Å²) in [6.07, 6.45) is 2.32. The van der Waals surface area contributed by atoms with E-state index in [1.807, 2.05) is 31.7 Å². The number of amides is 1. The molecule has 0 radical (unpaired) electrons. The lowest BCUT2D eigenvalue weighted by Crippen LogP contribution is -2.58. The molecule has 5 nitrogen and oxygen atoms in total. The number of halogens is 1. The molecule has 0 N–H and O–H groups in total. The van der Waals surface area contributed by atoms with Gasteiger partial charge in [0.1, 0.15) is 11.4 Å². The largest absolute Gasteiger partial charge is 0.444 e. The Morgan fingerprint density at radius 1 is 1.41 bits per heavy atom. The van der Waals surface area contributed by atoms with Gasteiger partial charge in [0.2, 0.25) is 0 Å². The first-order chi connectivity index (χ1) is 10.2. The maximum atomic E-state index is 12.3. The minimum absolute atomic E-state index is 0.209. The van der Waals surface area contributed by atoms with Gasteiger partial charge in [-0.2, -0.15) is 0 Å². The molecule has 3 rings (SSSR count). The molecule has 0 bridgehead atoms. The zero-order valence-corrected chi connectivity index (χ0v) is 14.2. The highest BCUT2D eigenvalue weighted by atomic mass is 35.5. The molecule has 6 heteroatoms. The molecule has 2 atom stereocenters. The highest BCUT2D eigenvalue weighted by Gasteiger charge is 2.41. The molecule has 1 amide bonds. The minimum Gasteiger partial charge on any atom is -0.444 e. The normalized spacial score (nSPS) is 24.0. The van der Waals surface area contributed by atoms with Gasteiger partial charge in [0, 0.05) is 25.3 Å². The summed E-state index contributed by atoms with van der Waals surface area (Å²) in [6.45, 7) is 9.10. The Morgan fingerprint density at radius 2 is 2.14 bits per heavy atom. The van der Waals surface area contributed by atoms with Crippen molar-refractivity contribution < 1.29 is 9.53 Å². The second-order valence-corrected chi connectivity index (χ2v) is 7.57. The van der Waals surface area contributed by atoms with E-state index in [0.717, 1.165) is 17.8 Å². The monoisotopic (exact) mass is 323 g/mol. The lowest BCUT2D eigenvalue weighted by Gasteiger charge is -2.43. The van der Waals surface area contributed by atoms with E-state index in [0.29, 0.717) is 18.1 Å². The van der Waals surface area contributed by atoms with Crippen LogP contribution in [0, 0.1) is 0 Å². The van der Waals surface area contributed by atoms with Crippen LogP contribution in [0.25, 0.3) is 0 Å². The molecular formula is C16H22ClN3O2. The van der Waals surface area contributed by atoms with Crippen molar-refractivity contribution in [1.29, 1.82) is 0 Å². The third-order valence-corrected chi connectivity index (χ3v) is 4.25. The number of aromatic nitrogens is 1. The van der Waals surface area contributed by atoms with Crippen LogP contribution in [0.15, 0.2) is 12.3 Å². The van der Waals surface area contributed by atoms with Gasteiger partial charge in [-0.3, -0.25) is 0 Å². The molecule has 1 saturated heterocycles. The van der Waals surface area contributed by atoms with Crippen molar-refractivity contribution in [2.45, 2.75) is 51.8 Å². The van der Waals surface area contributed by atoms with Crippen molar-refractivity contribution in [3.8, 4) is 0 Å². The second-order valence-electron chi connectivity index (χ2n) is 7.14. The Kier molecular flexibility index (Phi) is 3.71. The number of anilines is 1. The second kappa shape index (κ2) is 5.30. The Balaban J connectivity index is 1.77. The van der Waals surface area contributed by atoms with Gasteiger partial charge in [-0.05, 0) is 45.7 Å². The molecule has 3 heterocycles. The van der Waals surface area contributed by atoms with Gasteiger partial charge in [-0.25, -0.2) is 9.78 Å². The van der Waals surface area contributed by atoms with E-state index in [-0.39, 0.29) is 18.2 Å². The highest BCUT2D eigenvalue weighted by molar-refractivity contribution is 6.30. The number of pyridine rings is 1. The molecule has 1 aromatic rings. The van der Waals surface area contributed by atoms with Gasteiger partial charge < -0.3 is 14.5 Å². The Morgan fingerprint density at radius 3 is 2.82 bits per heavy atom. The molecular weight excluding hydrogens is 302 g/mol. The van der Waals surface area contributed by atoms with Crippen molar-refractivity contribution in [3.63, 3.8) is 0 Å². The van der Waals surface area contributed by atoms with Crippen molar-refractivity contribution in [3.05, 3.63) is 22.8 Å². The third kappa shape index (κ3) is 2.86. The number of fused-ring (bicyclic) bond motifs is 3. The van der Waals surface area contributed by atoms with Crippen LogP contribution in [0.4, 0.5) is 10.6 Å². The molecule has 2 aliphatic rings. The summed E-state index contributed by atoms with van der Waals surface area (Å²) in [7, 11) is 0. The van der Waals surface area contributed by atoms with Gasteiger partial charge in [-0.1, -0.05) is 11.6 Å². The number of rotatable bonds is 0. The summed E-state index contributed by atoms with van der Waals surface area (Å²) in [4.78, 5) is 20.9. The van der Waals surface area contributed by atoms with Crippen LogP contribution in [0.3, 0.4) is 0 Å². The fraction of sp³-hybridized carbons (Fsp3) is 0.625. The molecule has 120 valence electrons. The minimum atomic E-state index is -0.467. The predicted molar refractivity (Wildman–Crippen MR) is 86.5 cm³/mol. The number of carbonyl (C=O) groups is 1. The maximum absolute atomic E-state index is 12.3. The Hall–Kier alpha value is -1.49. The van der Waals surface area contributed by atoms with Crippen LogP contribution in [0.1, 0.15) is 33.3 Å². The van der Waals surface area contributed by atoms with Gasteiger partial charge in [0.25, 0.3) is 0 Å². The number of ether oxygens (including phenoxy) is 1. The van der Waals surface area contributed by atoms with Gasteiger partial charge in [0.05, 0.1) is 11.1 Å². The fourth-order valence-corrected chi connectivity index (χ4v) is 3.49. The van der Waals surface area contributed by atoms with Crippen LogP contribution in [0.5, 0.6) is 0 Å². The van der Waals surface area contributed by atoms with Crippen LogP contribution in [-0.4, -0.2) is 46.8 Å². The first-order valence-corrected chi connectivity index (χ1v) is 8.03. The van der Waals surface area contributed by atoms with Crippen molar-refractivity contribution in [1.82, 2.24) is 9.88 Å². The molecule has 1 aromatic heterocycles. The first-order valence-electron chi connectivity index (χ1n) is 7.65. The SMILES string of the molecule is C[C@@H]1CN(C(=O)OC(C)(C)C)C[C@H]2Cc3cc(Cl)cnc3N21. The molecule has 0 spiro atoms. The summed E-state index contributed by atoms with van der Waals surface area (Å²) in [5.41, 5.74) is 0.695. The van der Waals surface area contributed by atoms with Crippen molar-refractivity contribution in [2.75, 3.05) is 18.0 Å². The smallest absolute Gasteiger partial charge is 0.410 e. The van der Waals surface area contributed by atoms with E-state index in [1.54, 1.807) is 6.20 Å². The van der Waals surface area contributed by atoms with Crippen molar-refractivity contribution >= 4 is 23.5 Å². The van der Waals surface area contributed by atoms with E-state index < -0.39 is 5.60 Å². The molecule has 22 heavy (non-hydrogen) atoms. The summed E-state index contributed by atoms with van der Waals surface area (Å²) in [6, 6.07) is 2.44. The average molecular weight is 324 g/mol. The van der Waals surface area contributed by atoms with E-state index in [9.17, 15) is 4.79 Å². The van der Waals surface area contributed by atoms with Crippen molar-refractivity contribution in [2.24, 2.45) is 0 Å². The van der Waals surface area contributed by atoms with E-state index >= 15 is 0 Å². The number of hydrogen-bond acceptors (Lipinski definition) is 4. The van der Waals surface area contributed by atoms with Crippen LogP contribution >= 0.6 is 11.6 Å². The number of hydrogen-bond donors (Lipinski definition) is 0. The fourth-order valence-electron chi connectivity index (χ4n) is 3.31. The number of carbonyl (C=O) groups excluding carboxylic acids is 1. The lowest BCUT2D eigenvalue weighted by atomic mass is 10.1. The molecule has 0 unspecified atom stereocenters. The summed E-state index contributed by atoms with van der Waals surface area (Å²) >= 11 is 6.04. The van der Waals surface area contributed by atoms with Crippen LogP contribution < -0.4 is 4.90 Å². The maximum Gasteiger partial charge on any atom is 0.410 e. The summed E-state index contributed by atoms with van der Waals surface area (Å²) < 4.78 is 5.50. The average Bonchev–Trinajstić information content (AvgIpc) is 2.74. The standard InChI is InChI=1S/C16H22ClN3O2/c1-10-8-19(15(21)22-16(2,3)4)9-13-6-11-5-12(17)7-18-14(11)20(10)13/h5,7,10,13H,6,8-9H2,1-4H3/t10-,13-/m1/s1. The summed E-state index contributed by atoms with van der Waals surface area (Å²) in [5, 5.41) is 0.662.